The fraction of sp³-hybridized carbons (Fsp3) is 0.333. The minimum atomic E-state index is -1.25. The SMILES string of the molecule is O=C(Nc1c(F)cccc1Cl)NC1(C(=O)O)CCC1. The normalized spacial score (nSPS) is 16.3. The number of rotatable bonds is 3. The molecule has 1 aliphatic carbocycles. The van der Waals surface area contributed by atoms with Crippen LogP contribution in [0.2, 0.25) is 5.02 Å². The molecular formula is C12H12ClFN2O3. The van der Waals surface area contributed by atoms with Gasteiger partial charge in [-0.3, -0.25) is 0 Å². The Balaban J connectivity index is 2.08. The maximum Gasteiger partial charge on any atom is 0.329 e. The molecule has 1 aromatic rings. The maximum atomic E-state index is 13.5. The predicted molar refractivity (Wildman–Crippen MR) is 67.8 cm³/mol. The van der Waals surface area contributed by atoms with E-state index in [1.54, 1.807) is 0 Å². The highest BCUT2D eigenvalue weighted by atomic mass is 35.5. The van der Waals surface area contributed by atoms with E-state index in [0.717, 1.165) is 12.5 Å². The van der Waals surface area contributed by atoms with Crippen LogP contribution >= 0.6 is 11.6 Å². The molecule has 5 nitrogen and oxygen atoms in total. The van der Waals surface area contributed by atoms with Gasteiger partial charge < -0.3 is 15.7 Å². The standard InChI is InChI=1S/C12H12ClFN2O3/c13-7-3-1-4-8(14)9(7)15-11(19)16-12(10(17)18)5-2-6-12/h1,3-4H,2,5-6H2,(H,17,18)(H2,15,16,19). The number of halogens is 2. The first-order valence-electron chi connectivity index (χ1n) is 5.71. The molecular weight excluding hydrogens is 275 g/mol. The van der Waals surface area contributed by atoms with Gasteiger partial charge in [-0.1, -0.05) is 17.7 Å². The van der Waals surface area contributed by atoms with Crippen molar-refractivity contribution < 1.29 is 19.1 Å². The van der Waals surface area contributed by atoms with Crippen LogP contribution in [0.4, 0.5) is 14.9 Å². The zero-order valence-electron chi connectivity index (χ0n) is 9.87. The highest BCUT2D eigenvalue weighted by Crippen LogP contribution is 2.32. The van der Waals surface area contributed by atoms with Gasteiger partial charge >= 0.3 is 12.0 Å². The lowest BCUT2D eigenvalue weighted by atomic mass is 9.77. The van der Waals surface area contributed by atoms with Gasteiger partial charge in [0.05, 0.1) is 10.7 Å². The van der Waals surface area contributed by atoms with Gasteiger partial charge in [-0.15, -0.1) is 0 Å². The summed E-state index contributed by atoms with van der Waals surface area (Å²) in [6.07, 6.45) is 1.45. The molecule has 0 spiro atoms. The van der Waals surface area contributed by atoms with Crippen LogP contribution in [0.3, 0.4) is 0 Å². The summed E-state index contributed by atoms with van der Waals surface area (Å²) in [7, 11) is 0. The number of amides is 2. The average molecular weight is 287 g/mol. The predicted octanol–water partition coefficient (Wildman–Crippen LogP) is 2.61. The molecule has 1 fully saturated rings. The molecule has 102 valence electrons. The van der Waals surface area contributed by atoms with E-state index < -0.39 is 23.4 Å². The first-order valence-corrected chi connectivity index (χ1v) is 6.09. The number of aliphatic carboxylic acids is 1. The van der Waals surface area contributed by atoms with E-state index in [1.165, 1.54) is 12.1 Å². The number of urea groups is 1. The van der Waals surface area contributed by atoms with Crippen molar-refractivity contribution in [1.29, 1.82) is 0 Å². The second kappa shape index (κ2) is 5.05. The van der Waals surface area contributed by atoms with Crippen molar-refractivity contribution in [3.8, 4) is 0 Å². The minimum absolute atomic E-state index is 0.0492. The highest BCUT2D eigenvalue weighted by Gasteiger charge is 2.45. The number of anilines is 1. The number of carbonyl (C=O) groups is 2. The molecule has 19 heavy (non-hydrogen) atoms. The molecule has 7 heteroatoms. The molecule has 0 unspecified atom stereocenters. The molecule has 1 aromatic carbocycles. The minimum Gasteiger partial charge on any atom is -0.480 e. The lowest BCUT2D eigenvalue weighted by Gasteiger charge is -2.38. The van der Waals surface area contributed by atoms with Gasteiger partial charge in [-0.05, 0) is 31.4 Å². The van der Waals surface area contributed by atoms with Crippen molar-refractivity contribution >= 4 is 29.3 Å². The Hall–Kier alpha value is -1.82. The van der Waals surface area contributed by atoms with Crippen molar-refractivity contribution in [2.45, 2.75) is 24.8 Å². The Kier molecular flexibility index (Phi) is 3.61. The van der Waals surface area contributed by atoms with Crippen LogP contribution in [0.25, 0.3) is 0 Å². The first kappa shape index (κ1) is 13.6. The zero-order valence-corrected chi connectivity index (χ0v) is 10.6. The molecule has 0 heterocycles. The summed E-state index contributed by atoms with van der Waals surface area (Å²) in [5, 5.41) is 13.7. The number of carboxylic acids is 1. The van der Waals surface area contributed by atoms with Gasteiger partial charge in [0, 0.05) is 0 Å². The van der Waals surface area contributed by atoms with Crippen molar-refractivity contribution in [1.82, 2.24) is 5.32 Å². The van der Waals surface area contributed by atoms with E-state index in [4.69, 9.17) is 16.7 Å². The Bertz CT molecular complexity index is 511. The molecule has 0 aliphatic heterocycles. The van der Waals surface area contributed by atoms with Gasteiger partial charge in [0.15, 0.2) is 0 Å². The molecule has 1 saturated carbocycles. The molecule has 0 atom stereocenters. The van der Waals surface area contributed by atoms with E-state index >= 15 is 0 Å². The second-order valence-corrected chi connectivity index (χ2v) is 4.82. The summed E-state index contributed by atoms with van der Waals surface area (Å²) in [6, 6.07) is 3.20. The summed E-state index contributed by atoms with van der Waals surface area (Å²) in [6.45, 7) is 0. The number of carboxylic acid groups (broad SMARTS) is 1. The average Bonchev–Trinajstić information content (AvgIpc) is 2.28. The number of para-hydroxylation sites is 1. The highest BCUT2D eigenvalue weighted by molar-refractivity contribution is 6.33. The lowest BCUT2D eigenvalue weighted by molar-refractivity contribution is -0.148. The number of nitrogens with one attached hydrogen (secondary N) is 2. The fourth-order valence-electron chi connectivity index (χ4n) is 1.90. The second-order valence-electron chi connectivity index (χ2n) is 4.42. The Morgan fingerprint density at radius 2 is 2.05 bits per heavy atom. The topological polar surface area (TPSA) is 78.4 Å². The summed E-state index contributed by atoms with van der Waals surface area (Å²) in [5.74, 6) is -1.77. The van der Waals surface area contributed by atoms with Crippen LogP contribution in [0.5, 0.6) is 0 Å². The molecule has 0 aromatic heterocycles. The van der Waals surface area contributed by atoms with E-state index in [9.17, 15) is 14.0 Å². The largest absolute Gasteiger partial charge is 0.480 e. The first-order chi connectivity index (χ1) is 8.94. The zero-order chi connectivity index (χ0) is 14.0. The van der Waals surface area contributed by atoms with E-state index in [-0.39, 0.29) is 10.7 Å². The number of carbonyl (C=O) groups excluding carboxylic acids is 1. The van der Waals surface area contributed by atoms with Crippen molar-refractivity contribution in [2.24, 2.45) is 0 Å². The number of hydrogen-bond donors (Lipinski definition) is 3. The van der Waals surface area contributed by atoms with E-state index in [1.807, 2.05) is 0 Å². The summed E-state index contributed by atoms with van der Waals surface area (Å²) >= 11 is 5.76. The van der Waals surface area contributed by atoms with Crippen LogP contribution in [0, 0.1) is 5.82 Å². The van der Waals surface area contributed by atoms with Crippen molar-refractivity contribution in [3.05, 3.63) is 29.0 Å². The molecule has 0 saturated heterocycles. The lowest BCUT2D eigenvalue weighted by Crippen LogP contribution is -2.60. The van der Waals surface area contributed by atoms with Gasteiger partial charge in [-0.2, -0.15) is 0 Å². The van der Waals surface area contributed by atoms with Crippen LogP contribution in [0.1, 0.15) is 19.3 Å². The van der Waals surface area contributed by atoms with Crippen molar-refractivity contribution in [2.75, 3.05) is 5.32 Å². The van der Waals surface area contributed by atoms with E-state index in [2.05, 4.69) is 10.6 Å². The fourth-order valence-corrected chi connectivity index (χ4v) is 2.11. The summed E-state index contributed by atoms with van der Waals surface area (Å²) < 4.78 is 13.5. The quantitative estimate of drug-likeness (QED) is 0.799. The summed E-state index contributed by atoms with van der Waals surface area (Å²) in [4.78, 5) is 22.8. The van der Waals surface area contributed by atoms with Gasteiger partial charge in [0.1, 0.15) is 11.4 Å². The van der Waals surface area contributed by atoms with Gasteiger partial charge in [-0.25, -0.2) is 14.0 Å². The van der Waals surface area contributed by atoms with Crippen LogP contribution in [-0.4, -0.2) is 22.6 Å². The van der Waals surface area contributed by atoms with Gasteiger partial charge in [0.2, 0.25) is 0 Å². The molecule has 1 aliphatic rings. The van der Waals surface area contributed by atoms with Crippen LogP contribution in [-0.2, 0) is 4.79 Å². The Morgan fingerprint density at radius 1 is 1.37 bits per heavy atom. The van der Waals surface area contributed by atoms with E-state index in [0.29, 0.717) is 12.8 Å². The van der Waals surface area contributed by atoms with Crippen molar-refractivity contribution in [3.63, 3.8) is 0 Å². The van der Waals surface area contributed by atoms with Crippen LogP contribution in [0.15, 0.2) is 18.2 Å². The number of benzene rings is 1. The third-order valence-electron chi connectivity index (χ3n) is 3.17. The third-order valence-corrected chi connectivity index (χ3v) is 3.49. The Morgan fingerprint density at radius 3 is 2.53 bits per heavy atom. The molecule has 2 rings (SSSR count). The Labute approximate surface area is 113 Å². The molecule has 3 N–H and O–H groups in total. The number of hydrogen-bond acceptors (Lipinski definition) is 2. The molecule has 0 bridgehead atoms. The third kappa shape index (κ3) is 2.63. The van der Waals surface area contributed by atoms with Gasteiger partial charge in [0.25, 0.3) is 0 Å². The molecule has 0 radical (unpaired) electrons. The van der Waals surface area contributed by atoms with Crippen LogP contribution < -0.4 is 10.6 Å². The maximum absolute atomic E-state index is 13.5. The smallest absolute Gasteiger partial charge is 0.329 e. The molecule has 2 amide bonds. The monoisotopic (exact) mass is 286 g/mol. The summed E-state index contributed by atoms with van der Waals surface area (Å²) in [5.41, 5.74) is -1.41.